The fourth-order valence-electron chi connectivity index (χ4n) is 8.91. The molecule has 1 heterocycles. The summed E-state index contributed by atoms with van der Waals surface area (Å²) in [5, 5.41) is 10.7. The number of ketones is 1. The van der Waals surface area contributed by atoms with Gasteiger partial charge in [-0.15, -0.1) is 0 Å². The monoisotopic (exact) mass is 411 g/mol. The fraction of sp³-hybridized carbons (Fsp3) is 0.815. The van der Waals surface area contributed by atoms with Crippen molar-refractivity contribution in [1.29, 1.82) is 0 Å². The van der Waals surface area contributed by atoms with Gasteiger partial charge >= 0.3 is 0 Å². The van der Waals surface area contributed by atoms with Gasteiger partial charge in [0, 0.05) is 18.3 Å². The standard InChI is InChI=1S/C27H41NO2/c1-18-10-14-28(16-18)17-24(29)23-8-7-21-20-6-5-19-15-25(2,30)12-13-26(19,3)22(20)9-11-27(21,23)4/h10,14,16,19-23,30H,5-9,11-13,15,17H2,1-4H3/t19-,20+,21+,22+,23-,25-,26+,27+/m1/s1. The third-order valence-corrected chi connectivity index (χ3v) is 10.6. The van der Waals surface area contributed by atoms with Crippen molar-refractivity contribution in [3.05, 3.63) is 24.0 Å². The highest BCUT2D eigenvalue weighted by Gasteiger charge is 2.61. The zero-order chi connectivity index (χ0) is 21.3. The van der Waals surface area contributed by atoms with Crippen LogP contribution in [0.15, 0.2) is 18.5 Å². The summed E-state index contributed by atoms with van der Waals surface area (Å²) in [6.45, 7) is 9.71. The van der Waals surface area contributed by atoms with Crippen LogP contribution >= 0.6 is 0 Å². The average molecular weight is 412 g/mol. The van der Waals surface area contributed by atoms with Crippen LogP contribution in [0.25, 0.3) is 0 Å². The van der Waals surface area contributed by atoms with E-state index in [2.05, 4.69) is 50.7 Å². The van der Waals surface area contributed by atoms with E-state index >= 15 is 0 Å². The number of fused-ring (bicyclic) bond motifs is 5. The molecule has 4 aliphatic carbocycles. The predicted molar refractivity (Wildman–Crippen MR) is 120 cm³/mol. The Bertz CT molecular complexity index is 825. The third kappa shape index (κ3) is 3.14. The molecule has 5 rings (SSSR count). The SMILES string of the molecule is Cc1ccn(CC(=O)[C@H]2CC[C@H]3[C@@H]4CC[C@@H]5C[C@](C)(O)CC[C@]5(C)[C@H]4CC[C@]23C)c1. The number of aryl methyl sites for hydroxylation is 1. The number of Topliss-reactive ketones (excluding diaryl/α,β-unsaturated/α-hetero) is 1. The smallest absolute Gasteiger partial charge is 0.156 e. The molecule has 0 radical (unpaired) electrons. The van der Waals surface area contributed by atoms with Crippen LogP contribution in [0.4, 0.5) is 0 Å². The summed E-state index contributed by atoms with van der Waals surface area (Å²) in [5.41, 5.74) is 1.37. The molecule has 0 bridgehead atoms. The minimum atomic E-state index is -0.456. The van der Waals surface area contributed by atoms with Crippen molar-refractivity contribution in [2.75, 3.05) is 0 Å². The lowest BCUT2D eigenvalue weighted by molar-refractivity contribution is -0.151. The second kappa shape index (κ2) is 6.95. The topological polar surface area (TPSA) is 42.2 Å². The van der Waals surface area contributed by atoms with Gasteiger partial charge in [0.2, 0.25) is 0 Å². The van der Waals surface area contributed by atoms with Crippen LogP contribution in [-0.4, -0.2) is 21.1 Å². The van der Waals surface area contributed by atoms with Crippen LogP contribution in [0.1, 0.15) is 84.1 Å². The minimum absolute atomic E-state index is 0.198. The molecule has 1 aromatic rings. The number of hydrogen-bond donors (Lipinski definition) is 1. The summed E-state index contributed by atoms with van der Waals surface area (Å²) < 4.78 is 2.08. The Morgan fingerprint density at radius 2 is 1.80 bits per heavy atom. The van der Waals surface area contributed by atoms with E-state index in [1.807, 2.05) is 0 Å². The summed E-state index contributed by atoms with van der Waals surface area (Å²) in [5.74, 6) is 3.69. The van der Waals surface area contributed by atoms with E-state index in [0.29, 0.717) is 23.7 Å². The molecule has 3 heteroatoms. The molecule has 0 unspecified atom stereocenters. The second-order valence-corrected chi connectivity index (χ2v) is 12.4. The van der Waals surface area contributed by atoms with Gasteiger partial charge in [0.25, 0.3) is 0 Å². The molecule has 1 N–H and O–H groups in total. The molecular weight excluding hydrogens is 370 g/mol. The van der Waals surface area contributed by atoms with E-state index < -0.39 is 5.60 Å². The van der Waals surface area contributed by atoms with Gasteiger partial charge in [0.05, 0.1) is 12.1 Å². The average Bonchev–Trinajstić information content (AvgIpc) is 3.24. The number of rotatable bonds is 3. The number of aliphatic hydroxyl groups is 1. The molecule has 166 valence electrons. The maximum absolute atomic E-state index is 13.4. The van der Waals surface area contributed by atoms with Gasteiger partial charge in [-0.1, -0.05) is 13.8 Å². The number of hydrogen-bond acceptors (Lipinski definition) is 2. The first-order valence-electron chi connectivity index (χ1n) is 12.5. The molecule has 8 atom stereocenters. The normalized spacial score (nSPS) is 48.0. The van der Waals surface area contributed by atoms with Crippen molar-refractivity contribution in [2.24, 2.45) is 40.4 Å². The highest BCUT2D eigenvalue weighted by atomic mass is 16.3. The van der Waals surface area contributed by atoms with Crippen molar-refractivity contribution in [3.8, 4) is 0 Å². The lowest BCUT2D eigenvalue weighted by atomic mass is 9.44. The van der Waals surface area contributed by atoms with Gasteiger partial charge in [0.15, 0.2) is 5.78 Å². The summed E-state index contributed by atoms with van der Waals surface area (Å²) >= 11 is 0. The Morgan fingerprint density at radius 3 is 2.53 bits per heavy atom. The first-order valence-corrected chi connectivity index (χ1v) is 12.5. The van der Waals surface area contributed by atoms with Crippen molar-refractivity contribution in [2.45, 2.75) is 97.6 Å². The number of aromatic nitrogens is 1. The molecule has 0 aliphatic heterocycles. The minimum Gasteiger partial charge on any atom is -0.390 e. The van der Waals surface area contributed by atoms with E-state index in [9.17, 15) is 9.90 Å². The lowest BCUT2D eigenvalue weighted by Crippen LogP contribution is -2.55. The van der Waals surface area contributed by atoms with Crippen molar-refractivity contribution in [1.82, 2.24) is 4.57 Å². The van der Waals surface area contributed by atoms with Crippen LogP contribution in [0.3, 0.4) is 0 Å². The molecule has 0 amide bonds. The highest BCUT2D eigenvalue weighted by Crippen LogP contribution is 2.68. The zero-order valence-electron chi connectivity index (χ0n) is 19.5. The number of carbonyl (C=O) groups excluding carboxylic acids is 1. The largest absolute Gasteiger partial charge is 0.390 e. The van der Waals surface area contributed by atoms with Crippen molar-refractivity contribution in [3.63, 3.8) is 0 Å². The van der Waals surface area contributed by atoms with Crippen LogP contribution in [-0.2, 0) is 11.3 Å². The van der Waals surface area contributed by atoms with E-state index in [-0.39, 0.29) is 11.3 Å². The Kier molecular flexibility index (Phi) is 4.82. The maximum Gasteiger partial charge on any atom is 0.156 e. The summed E-state index contributed by atoms with van der Waals surface area (Å²) in [4.78, 5) is 13.4. The molecule has 1 aromatic heterocycles. The van der Waals surface area contributed by atoms with Gasteiger partial charge < -0.3 is 9.67 Å². The first-order chi connectivity index (χ1) is 14.1. The molecular formula is C27H41NO2. The zero-order valence-corrected chi connectivity index (χ0v) is 19.5. The van der Waals surface area contributed by atoms with Gasteiger partial charge in [-0.2, -0.15) is 0 Å². The van der Waals surface area contributed by atoms with E-state index in [1.165, 1.54) is 44.1 Å². The molecule has 3 nitrogen and oxygen atoms in total. The molecule has 4 saturated carbocycles. The summed E-state index contributed by atoms with van der Waals surface area (Å²) in [7, 11) is 0. The summed E-state index contributed by atoms with van der Waals surface area (Å²) in [6.07, 6.45) is 14.7. The van der Waals surface area contributed by atoms with Crippen LogP contribution in [0, 0.1) is 47.3 Å². The molecule has 4 aliphatic rings. The molecule has 0 saturated heterocycles. The quantitative estimate of drug-likeness (QED) is 0.685. The van der Waals surface area contributed by atoms with Crippen LogP contribution in [0.5, 0.6) is 0 Å². The van der Waals surface area contributed by atoms with Crippen molar-refractivity contribution >= 4 is 5.78 Å². The Morgan fingerprint density at radius 1 is 1.03 bits per heavy atom. The molecule has 30 heavy (non-hydrogen) atoms. The van der Waals surface area contributed by atoms with E-state index in [0.717, 1.165) is 37.0 Å². The second-order valence-electron chi connectivity index (χ2n) is 12.4. The van der Waals surface area contributed by atoms with Crippen LogP contribution in [0.2, 0.25) is 0 Å². The maximum atomic E-state index is 13.4. The predicted octanol–water partition coefficient (Wildman–Crippen LogP) is 5.78. The number of nitrogens with zero attached hydrogens (tertiary/aromatic N) is 1. The molecule has 4 fully saturated rings. The van der Waals surface area contributed by atoms with E-state index in [4.69, 9.17) is 0 Å². The Balaban J connectivity index is 1.34. The van der Waals surface area contributed by atoms with Gasteiger partial charge in [0.1, 0.15) is 0 Å². The lowest BCUT2D eigenvalue weighted by Gasteiger charge is -2.61. The van der Waals surface area contributed by atoms with Crippen LogP contribution < -0.4 is 0 Å². The Hall–Kier alpha value is -1.09. The van der Waals surface area contributed by atoms with Gasteiger partial charge in [-0.05, 0) is 118 Å². The first kappa shape index (κ1) is 20.8. The fourth-order valence-corrected chi connectivity index (χ4v) is 8.91. The summed E-state index contributed by atoms with van der Waals surface area (Å²) in [6, 6.07) is 2.10. The van der Waals surface area contributed by atoms with E-state index in [1.54, 1.807) is 0 Å². The third-order valence-electron chi connectivity index (χ3n) is 10.6. The number of carbonyl (C=O) groups is 1. The van der Waals surface area contributed by atoms with Gasteiger partial charge in [-0.3, -0.25) is 4.79 Å². The molecule has 0 spiro atoms. The highest BCUT2D eigenvalue weighted by molar-refractivity contribution is 5.82. The van der Waals surface area contributed by atoms with Gasteiger partial charge in [-0.25, -0.2) is 0 Å². The van der Waals surface area contributed by atoms with Crippen molar-refractivity contribution < 1.29 is 9.90 Å². The Labute approximate surface area is 182 Å². The molecule has 0 aromatic carbocycles.